The predicted molar refractivity (Wildman–Crippen MR) is 52.8 cm³/mol. The van der Waals surface area contributed by atoms with Gasteiger partial charge in [0, 0.05) is 6.54 Å². The summed E-state index contributed by atoms with van der Waals surface area (Å²) in [5.74, 6) is 0. The number of hydrogen-bond acceptors (Lipinski definition) is 1. The largest absolute Gasteiger partial charge is 0.335 e. The van der Waals surface area contributed by atoms with E-state index in [0.29, 0.717) is 0 Å². The van der Waals surface area contributed by atoms with E-state index < -0.39 is 0 Å². The third-order valence-corrected chi connectivity index (χ3v) is 2.88. The third kappa shape index (κ3) is 3.16. The molecule has 0 atom stereocenters. The monoisotopic (exact) mass is 163 g/mol. The second-order valence-corrected chi connectivity index (χ2v) is 4.08. The quantitative estimate of drug-likeness (QED) is 0.379. The minimum absolute atomic E-state index is 0.244. The van der Waals surface area contributed by atoms with Crippen molar-refractivity contribution in [1.82, 2.24) is 4.98 Å². The van der Waals surface area contributed by atoms with Gasteiger partial charge < -0.3 is 4.98 Å². The second-order valence-electron chi connectivity index (χ2n) is 2.41. The average molecular weight is 163 g/mol. The van der Waals surface area contributed by atoms with Crippen LogP contribution in [0.25, 0.3) is 0 Å². The highest BCUT2D eigenvalue weighted by atomic mass is 28.2. The zero-order chi connectivity index (χ0) is 7.94. The molecule has 0 aliphatic heterocycles. The molecule has 1 nitrogen and oxygen atoms in total. The fraction of sp³-hybridized carbons (Fsp3) is 0.111. The van der Waals surface area contributed by atoms with Gasteiger partial charge in [-0.3, -0.25) is 0 Å². The Morgan fingerprint density at radius 1 is 1.36 bits per heavy atom. The molecule has 0 bridgehead atoms. The Kier molecular flexibility index (Phi) is 3.65. The van der Waals surface area contributed by atoms with Crippen molar-refractivity contribution in [1.29, 1.82) is 0 Å². The lowest BCUT2D eigenvalue weighted by Gasteiger charge is -1.98. The molecule has 11 heavy (non-hydrogen) atoms. The Labute approximate surface area is 70.0 Å². The molecule has 58 valence electrons. The standard InChI is InChI=1S/C9H13NSi/c1-2-8-10-11-9-6-4-3-5-7-9/h2-7,10H,1,8,11H2. The number of hydrogen-bond donors (Lipinski definition) is 1. The molecule has 0 heterocycles. The van der Waals surface area contributed by atoms with E-state index >= 15 is 0 Å². The molecule has 0 aliphatic carbocycles. The van der Waals surface area contributed by atoms with E-state index in [9.17, 15) is 0 Å². The van der Waals surface area contributed by atoms with Gasteiger partial charge >= 0.3 is 0 Å². The highest BCUT2D eigenvalue weighted by molar-refractivity contribution is 6.50. The van der Waals surface area contributed by atoms with Gasteiger partial charge in [0.25, 0.3) is 0 Å². The van der Waals surface area contributed by atoms with Crippen LogP contribution in [0, 0.1) is 0 Å². The molecule has 0 amide bonds. The van der Waals surface area contributed by atoms with Crippen molar-refractivity contribution in [3.63, 3.8) is 0 Å². The summed E-state index contributed by atoms with van der Waals surface area (Å²) in [5.41, 5.74) is 0. The molecule has 0 saturated heterocycles. The van der Waals surface area contributed by atoms with Crippen LogP contribution in [-0.2, 0) is 0 Å². The lowest BCUT2D eigenvalue weighted by Crippen LogP contribution is -2.30. The van der Waals surface area contributed by atoms with Crippen molar-refractivity contribution >= 4 is 14.9 Å². The van der Waals surface area contributed by atoms with E-state index in [1.54, 1.807) is 0 Å². The summed E-state index contributed by atoms with van der Waals surface area (Å²) in [6.45, 7) is 4.58. The molecule has 0 aromatic heterocycles. The summed E-state index contributed by atoms with van der Waals surface area (Å²) in [4.78, 5) is 3.37. The van der Waals surface area contributed by atoms with Crippen LogP contribution in [0.5, 0.6) is 0 Å². The molecule has 0 fully saturated rings. The second kappa shape index (κ2) is 4.88. The van der Waals surface area contributed by atoms with Gasteiger partial charge in [0.2, 0.25) is 0 Å². The molecule has 0 saturated carbocycles. The van der Waals surface area contributed by atoms with E-state index in [1.165, 1.54) is 5.19 Å². The summed E-state index contributed by atoms with van der Waals surface area (Å²) in [6, 6.07) is 10.5. The van der Waals surface area contributed by atoms with Gasteiger partial charge in [-0.2, -0.15) is 0 Å². The highest BCUT2D eigenvalue weighted by Gasteiger charge is 1.87. The third-order valence-electron chi connectivity index (χ3n) is 1.46. The first-order valence-corrected chi connectivity index (χ1v) is 5.20. The first-order chi connectivity index (χ1) is 5.43. The molecule has 1 aromatic rings. The van der Waals surface area contributed by atoms with Crippen LogP contribution < -0.4 is 10.2 Å². The maximum absolute atomic E-state index is 3.65. The Balaban J connectivity index is 2.33. The van der Waals surface area contributed by atoms with Gasteiger partial charge in [-0.1, -0.05) is 41.6 Å². The van der Waals surface area contributed by atoms with Gasteiger partial charge in [0.05, 0.1) is 0 Å². The van der Waals surface area contributed by atoms with E-state index in [2.05, 4.69) is 35.8 Å². The Morgan fingerprint density at radius 3 is 2.73 bits per heavy atom. The van der Waals surface area contributed by atoms with Gasteiger partial charge in [0.15, 0.2) is 0 Å². The molecule has 1 aromatic carbocycles. The number of benzene rings is 1. The van der Waals surface area contributed by atoms with Crippen LogP contribution in [0.2, 0.25) is 0 Å². The van der Waals surface area contributed by atoms with Gasteiger partial charge in [0.1, 0.15) is 9.68 Å². The van der Waals surface area contributed by atoms with Crippen molar-refractivity contribution < 1.29 is 0 Å². The Morgan fingerprint density at radius 2 is 2.09 bits per heavy atom. The normalized spacial score (nSPS) is 10.5. The Bertz CT molecular complexity index is 208. The van der Waals surface area contributed by atoms with Crippen LogP contribution in [-0.4, -0.2) is 16.2 Å². The molecule has 2 heteroatoms. The minimum atomic E-state index is -0.244. The summed E-state index contributed by atoms with van der Waals surface area (Å²) in [7, 11) is -0.244. The minimum Gasteiger partial charge on any atom is -0.335 e. The molecule has 0 unspecified atom stereocenters. The summed E-state index contributed by atoms with van der Waals surface area (Å²) >= 11 is 0. The average Bonchev–Trinajstić information content (AvgIpc) is 2.07. The van der Waals surface area contributed by atoms with Crippen LogP contribution in [0.15, 0.2) is 43.0 Å². The first kappa shape index (κ1) is 8.24. The van der Waals surface area contributed by atoms with E-state index in [1.807, 2.05) is 12.1 Å². The van der Waals surface area contributed by atoms with Crippen molar-refractivity contribution in [2.75, 3.05) is 6.54 Å². The number of rotatable bonds is 4. The zero-order valence-electron chi connectivity index (χ0n) is 6.59. The number of nitrogens with one attached hydrogen (secondary N) is 1. The lowest BCUT2D eigenvalue weighted by molar-refractivity contribution is 1.10. The van der Waals surface area contributed by atoms with Crippen molar-refractivity contribution in [2.24, 2.45) is 0 Å². The van der Waals surface area contributed by atoms with Gasteiger partial charge in [-0.15, -0.1) is 6.58 Å². The fourth-order valence-corrected chi connectivity index (χ4v) is 2.06. The highest BCUT2D eigenvalue weighted by Crippen LogP contribution is 1.79. The van der Waals surface area contributed by atoms with Crippen molar-refractivity contribution in [2.45, 2.75) is 0 Å². The maximum Gasteiger partial charge on any atom is 0.124 e. The smallest absolute Gasteiger partial charge is 0.124 e. The molecule has 1 N–H and O–H groups in total. The summed E-state index contributed by atoms with van der Waals surface area (Å²) in [5, 5.41) is 1.45. The van der Waals surface area contributed by atoms with Crippen molar-refractivity contribution in [3.05, 3.63) is 43.0 Å². The van der Waals surface area contributed by atoms with Crippen LogP contribution >= 0.6 is 0 Å². The lowest BCUT2D eigenvalue weighted by atomic mass is 10.4. The molecule has 0 aliphatic rings. The van der Waals surface area contributed by atoms with Gasteiger partial charge in [-0.25, -0.2) is 0 Å². The zero-order valence-corrected chi connectivity index (χ0v) is 8.00. The Hall–Kier alpha value is -0.863. The summed E-state index contributed by atoms with van der Waals surface area (Å²) < 4.78 is 0. The molecule has 1 rings (SSSR count). The molecule has 0 radical (unpaired) electrons. The molecular weight excluding hydrogens is 150 g/mol. The van der Waals surface area contributed by atoms with E-state index in [4.69, 9.17) is 0 Å². The maximum atomic E-state index is 3.65. The van der Waals surface area contributed by atoms with Gasteiger partial charge in [-0.05, 0) is 0 Å². The van der Waals surface area contributed by atoms with Crippen LogP contribution in [0.3, 0.4) is 0 Å². The molecular formula is C9H13NSi. The van der Waals surface area contributed by atoms with Crippen LogP contribution in [0.4, 0.5) is 0 Å². The van der Waals surface area contributed by atoms with Crippen molar-refractivity contribution in [3.8, 4) is 0 Å². The topological polar surface area (TPSA) is 12.0 Å². The fourth-order valence-electron chi connectivity index (χ4n) is 0.914. The molecule has 0 spiro atoms. The van der Waals surface area contributed by atoms with Crippen LogP contribution in [0.1, 0.15) is 0 Å². The predicted octanol–water partition coefficient (Wildman–Crippen LogP) is 0.171. The first-order valence-electron chi connectivity index (χ1n) is 3.79. The summed E-state index contributed by atoms with van der Waals surface area (Å²) in [6.07, 6.45) is 1.90. The SMILES string of the molecule is C=CCN[SiH2]c1ccccc1. The van der Waals surface area contributed by atoms with E-state index in [0.717, 1.165) is 6.54 Å². The van der Waals surface area contributed by atoms with E-state index in [-0.39, 0.29) is 9.68 Å².